The van der Waals surface area contributed by atoms with Crippen molar-refractivity contribution in [2.45, 2.75) is 52.5 Å². The molecule has 0 saturated carbocycles. The minimum absolute atomic E-state index is 0.457. The van der Waals surface area contributed by atoms with Gasteiger partial charge in [0.1, 0.15) is 0 Å². The first-order chi connectivity index (χ1) is 9.23. The molecule has 19 heavy (non-hydrogen) atoms. The Hall–Kier alpha value is -0.220. The van der Waals surface area contributed by atoms with Crippen LogP contribution in [0.4, 0.5) is 0 Å². The van der Waals surface area contributed by atoms with E-state index >= 15 is 0 Å². The Labute approximate surface area is 122 Å². The molecule has 0 aromatic heterocycles. The van der Waals surface area contributed by atoms with E-state index < -0.39 is 0 Å². The smallest absolute Gasteiger partial charge is 0.156 e. The van der Waals surface area contributed by atoms with E-state index in [9.17, 15) is 0 Å². The zero-order valence-electron chi connectivity index (χ0n) is 12.7. The van der Waals surface area contributed by atoms with E-state index in [4.69, 9.17) is 4.99 Å². The molecule has 1 saturated heterocycles. The van der Waals surface area contributed by atoms with Crippen LogP contribution in [0.15, 0.2) is 4.99 Å². The van der Waals surface area contributed by atoms with Gasteiger partial charge in [0.05, 0.1) is 0 Å². The van der Waals surface area contributed by atoms with Crippen LogP contribution in [0.25, 0.3) is 0 Å². The number of aliphatic imine (C=N–C) groups is 1. The van der Waals surface area contributed by atoms with Gasteiger partial charge in [-0.15, -0.1) is 0 Å². The number of nitrogens with zero attached hydrogens (tertiary/aromatic N) is 2. The highest BCUT2D eigenvalue weighted by Crippen LogP contribution is 2.34. The van der Waals surface area contributed by atoms with Crippen molar-refractivity contribution in [1.82, 2.24) is 10.2 Å². The first-order valence-corrected chi connectivity index (χ1v) is 8.86. The van der Waals surface area contributed by atoms with E-state index in [1.165, 1.54) is 49.7 Å². The third kappa shape index (κ3) is 3.66. The highest BCUT2D eigenvalue weighted by Gasteiger charge is 2.30. The highest BCUT2D eigenvalue weighted by atomic mass is 32.2. The van der Waals surface area contributed by atoms with E-state index in [1.807, 2.05) is 11.8 Å². The molecule has 2 aliphatic rings. The Morgan fingerprint density at radius 3 is 2.74 bits per heavy atom. The fourth-order valence-corrected chi connectivity index (χ4v) is 4.37. The van der Waals surface area contributed by atoms with Crippen LogP contribution in [0, 0.1) is 5.41 Å². The Bertz CT molecular complexity index is 313. The lowest BCUT2D eigenvalue weighted by Crippen LogP contribution is -2.41. The molecule has 110 valence electrons. The quantitative estimate of drug-likeness (QED) is 0.840. The summed E-state index contributed by atoms with van der Waals surface area (Å²) in [5, 5.41) is 4.77. The topological polar surface area (TPSA) is 27.6 Å². The lowest BCUT2D eigenvalue weighted by atomic mass is 9.84. The SMILES string of the molecule is CCN1CCCC1CNC1=NCC(CC)(CC)CS1. The maximum Gasteiger partial charge on any atom is 0.156 e. The van der Waals surface area contributed by atoms with Gasteiger partial charge in [-0.05, 0) is 44.2 Å². The van der Waals surface area contributed by atoms with Crippen LogP contribution in [0.1, 0.15) is 46.5 Å². The monoisotopic (exact) mass is 283 g/mol. The van der Waals surface area contributed by atoms with Crippen molar-refractivity contribution < 1.29 is 0 Å². The van der Waals surface area contributed by atoms with E-state index in [1.54, 1.807) is 0 Å². The fourth-order valence-electron chi connectivity index (χ4n) is 3.08. The maximum atomic E-state index is 4.79. The summed E-state index contributed by atoms with van der Waals surface area (Å²) in [4.78, 5) is 7.37. The number of nitrogens with one attached hydrogen (secondary N) is 1. The molecule has 0 aromatic rings. The Kier molecular flexibility index (Phi) is 5.58. The molecule has 0 amide bonds. The van der Waals surface area contributed by atoms with Crippen molar-refractivity contribution in [2.24, 2.45) is 10.4 Å². The Balaban J connectivity index is 1.80. The van der Waals surface area contributed by atoms with Crippen molar-refractivity contribution in [1.29, 1.82) is 0 Å². The van der Waals surface area contributed by atoms with Gasteiger partial charge in [-0.2, -0.15) is 0 Å². The highest BCUT2D eigenvalue weighted by molar-refractivity contribution is 8.13. The lowest BCUT2D eigenvalue weighted by molar-refractivity contribution is 0.267. The average molecular weight is 283 g/mol. The summed E-state index contributed by atoms with van der Waals surface area (Å²) in [6, 6.07) is 0.720. The summed E-state index contributed by atoms with van der Waals surface area (Å²) < 4.78 is 0. The molecule has 2 rings (SSSR count). The minimum atomic E-state index is 0.457. The first kappa shape index (κ1) is 15.2. The molecule has 0 spiro atoms. The van der Waals surface area contributed by atoms with E-state index in [0.29, 0.717) is 5.41 Å². The van der Waals surface area contributed by atoms with Crippen LogP contribution in [-0.2, 0) is 0 Å². The number of likely N-dealkylation sites (tertiary alicyclic amines) is 1. The summed E-state index contributed by atoms with van der Waals surface area (Å²) >= 11 is 1.93. The molecule has 0 radical (unpaired) electrons. The molecule has 1 atom stereocenters. The van der Waals surface area contributed by atoms with Gasteiger partial charge in [0.15, 0.2) is 5.17 Å². The van der Waals surface area contributed by atoms with Gasteiger partial charge >= 0.3 is 0 Å². The number of amidine groups is 1. The molecule has 1 N–H and O–H groups in total. The average Bonchev–Trinajstić information content (AvgIpc) is 2.93. The molecule has 3 nitrogen and oxygen atoms in total. The Morgan fingerprint density at radius 1 is 1.37 bits per heavy atom. The zero-order valence-corrected chi connectivity index (χ0v) is 13.6. The summed E-state index contributed by atoms with van der Waals surface area (Å²) in [6.45, 7) is 11.4. The fraction of sp³-hybridized carbons (Fsp3) is 0.933. The second-order valence-electron chi connectivity index (χ2n) is 5.92. The Morgan fingerprint density at radius 2 is 2.16 bits per heavy atom. The molecule has 1 unspecified atom stereocenters. The van der Waals surface area contributed by atoms with Crippen molar-refractivity contribution in [2.75, 3.05) is 31.9 Å². The number of hydrogen-bond donors (Lipinski definition) is 1. The third-order valence-electron chi connectivity index (χ3n) is 4.97. The van der Waals surface area contributed by atoms with Gasteiger partial charge in [-0.25, -0.2) is 0 Å². The lowest BCUT2D eigenvalue weighted by Gasteiger charge is -2.34. The predicted molar refractivity (Wildman–Crippen MR) is 86.0 cm³/mol. The largest absolute Gasteiger partial charge is 0.363 e. The van der Waals surface area contributed by atoms with Crippen molar-refractivity contribution in [3.63, 3.8) is 0 Å². The molecule has 0 aliphatic carbocycles. The molecule has 4 heteroatoms. The summed E-state index contributed by atoms with van der Waals surface area (Å²) in [6.07, 6.45) is 5.19. The molecular formula is C15H29N3S. The minimum Gasteiger partial charge on any atom is -0.363 e. The molecule has 0 bridgehead atoms. The van der Waals surface area contributed by atoms with Crippen LogP contribution in [0.5, 0.6) is 0 Å². The van der Waals surface area contributed by atoms with E-state index in [-0.39, 0.29) is 0 Å². The number of rotatable bonds is 5. The normalized spacial score (nSPS) is 27.3. The van der Waals surface area contributed by atoms with Crippen LogP contribution >= 0.6 is 11.8 Å². The molecule has 2 heterocycles. The van der Waals surface area contributed by atoms with Crippen LogP contribution in [0.3, 0.4) is 0 Å². The first-order valence-electron chi connectivity index (χ1n) is 7.88. The van der Waals surface area contributed by atoms with Crippen LogP contribution < -0.4 is 5.32 Å². The molecule has 1 fully saturated rings. The molecule has 0 aromatic carbocycles. The van der Waals surface area contributed by atoms with Crippen LogP contribution in [0.2, 0.25) is 0 Å². The van der Waals surface area contributed by atoms with E-state index in [0.717, 1.165) is 19.1 Å². The van der Waals surface area contributed by atoms with E-state index in [2.05, 4.69) is 31.0 Å². The number of thioether (sulfide) groups is 1. The van der Waals surface area contributed by atoms with Gasteiger partial charge in [0.25, 0.3) is 0 Å². The predicted octanol–water partition coefficient (Wildman–Crippen LogP) is 2.97. The summed E-state index contributed by atoms with van der Waals surface area (Å²) in [5.41, 5.74) is 0.457. The molecule has 2 aliphatic heterocycles. The van der Waals surface area contributed by atoms with Crippen LogP contribution in [-0.4, -0.2) is 48.0 Å². The summed E-state index contributed by atoms with van der Waals surface area (Å²) in [7, 11) is 0. The van der Waals surface area contributed by atoms with Gasteiger partial charge in [0.2, 0.25) is 0 Å². The number of likely N-dealkylation sites (N-methyl/N-ethyl adjacent to an activating group) is 1. The summed E-state index contributed by atoms with van der Waals surface area (Å²) in [5.74, 6) is 1.23. The second kappa shape index (κ2) is 6.98. The standard InChI is InChI=1S/C15H29N3S/c1-4-15(5-2)11-17-14(19-12-15)16-10-13-8-7-9-18(13)6-3/h13H,4-12H2,1-3H3,(H,16,17). The van der Waals surface area contributed by atoms with Gasteiger partial charge in [-0.1, -0.05) is 32.5 Å². The van der Waals surface area contributed by atoms with Crippen molar-refractivity contribution >= 4 is 16.9 Å². The zero-order chi connectivity index (χ0) is 13.7. The third-order valence-corrected chi connectivity index (χ3v) is 6.27. The van der Waals surface area contributed by atoms with Crippen molar-refractivity contribution in [3.8, 4) is 0 Å². The maximum absolute atomic E-state index is 4.79. The number of hydrogen-bond acceptors (Lipinski definition) is 4. The van der Waals surface area contributed by atoms with Gasteiger partial charge < -0.3 is 5.32 Å². The second-order valence-corrected chi connectivity index (χ2v) is 6.89. The van der Waals surface area contributed by atoms with Gasteiger partial charge in [0, 0.05) is 24.9 Å². The van der Waals surface area contributed by atoms with Gasteiger partial charge in [-0.3, -0.25) is 9.89 Å². The van der Waals surface area contributed by atoms with Crippen molar-refractivity contribution in [3.05, 3.63) is 0 Å². The molecular weight excluding hydrogens is 254 g/mol.